The molecule has 8 heteroatoms. The molecule has 5 nitrogen and oxygen atoms in total. The number of anilines is 1. The number of Topliss-reactive ketones (excluding diaryl/α,β-unsaturated/α-hetero) is 1. The van der Waals surface area contributed by atoms with Gasteiger partial charge >= 0.3 is 5.97 Å². The summed E-state index contributed by atoms with van der Waals surface area (Å²) in [4.78, 5) is 27.0. The zero-order valence-electron chi connectivity index (χ0n) is 19.2. The Bertz CT molecular complexity index is 1170. The van der Waals surface area contributed by atoms with Gasteiger partial charge in [-0.1, -0.05) is 18.2 Å². The van der Waals surface area contributed by atoms with Crippen molar-refractivity contribution in [2.24, 2.45) is 5.92 Å². The zero-order chi connectivity index (χ0) is 24.4. The van der Waals surface area contributed by atoms with Crippen LogP contribution in [0.25, 0.3) is 0 Å². The molecule has 3 aromatic rings. The Hall–Kier alpha value is -3.10. The van der Waals surface area contributed by atoms with Gasteiger partial charge < -0.3 is 14.5 Å². The molecule has 0 radical (unpaired) electrons. The van der Waals surface area contributed by atoms with Crippen molar-refractivity contribution in [3.63, 3.8) is 0 Å². The average molecular weight is 498 g/mol. The summed E-state index contributed by atoms with van der Waals surface area (Å²) >= 11 is 1.45. The Morgan fingerprint density at radius 3 is 2.29 bits per heavy atom. The number of esters is 1. The monoisotopic (exact) mass is 497 g/mol. The highest BCUT2D eigenvalue weighted by molar-refractivity contribution is 7.12. The molecule has 1 aromatic heterocycles. The number of carbonyl (C=O) groups excluding carboxylic acids is 2. The van der Waals surface area contributed by atoms with E-state index in [1.54, 1.807) is 24.3 Å². The van der Waals surface area contributed by atoms with E-state index in [0.717, 1.165) is 30.8 Å². The van der Waals surface area contributed by atoms with Crippen LogP contribution in [0.5, 0.6) is 0 Å². The fourth-order valence-electron chi connectivity index (χ4n) is 5.26. The molecular weight excluding hydrogens is 470 g/mol. The van der Waals surface area contributed by atoms with E-state index in [0.29, 0.717) is 28.8 Å². The van der Waals surface area contributed by atoms with Gasteiger partial charge in [0.05, 0.1) is 18.0 Å². The lowest BCUT2D eigenvalue weighted by Gasteiger charge is -2.51. The third-order valence-corrected chi connectivity index (χ3v) is 8.09. The van der Waals surface area contributed by atoms with Crippen molar-refractivity contribution < 1.29 is 27.6 Å². The maximum Gasteiger partial charge on any atom is 0.333 e. The number of benzene rings is 2. The topological polar surface area (TPSA) is 55.4 Å². The lowest BCUT2D eigenvalue weighted by Crippen LogP contribution is -2.65. The maximum atomic E-state index is 13.5. The third-order valence-electron chi connectivity index (χ3n) is 7.18. The van der Waals surface area contributed by atoms with Gasteiger partial charge in [-0.2, -0.15) is 0 Å². The number of halogens is 2. The maximum absolute atomic E-state index is 13.5. The van der Waals surface area contributed by atoms with E-state index in [4.69, 9.17) is 4.74 Å². The number of ether oxygens (including phenoxy) is 1. The number of nitrogens with zero attached hydrogens (tertiary/aromatic N) is 1. The molecule has 0 spiro atoms. The molecule has 3 fully saturated rings. The summed E-state index contributed by atoms with van der Waals surface area (Å²) in [6, 6.07) is 14.2. The number of carbonyl (C=O) groups is 2. The number of thiophene rings is 1. The Balaban J connectivity index is 1.32. The van der Waals surface area contributed by atoms with Crippen LogP contribution < -0.4 is 5.32 Å². The van der Waals surface area contributed by atoms with Crippen LogP contribution in [0.2, 0.25) is 0 Å². The van der Waals surface area contributed by atoms with Gasteiger partial charge in [0.25, 0.3) is 0 Å². The minimum Gasteiger partial charge on any atom is -0.454 e. The van der Waals surface area contributed by atoms with E-state index in [2.05, 4.69) is 5.32 Å². The molecule has 3 aliphatic heterocycles. The second-order valence-corrected chi connectivity index (χ2v) is 10.4. The highest BCUT2D eigenvalue weighted by Crippen LogP contribution is 2.37. The van der Waals surface area contributed by atoms with Crippen LogP contribution in [0.4, 0.5) is 14.5 Å². The Morgan fingerprint density at radius 2 is 1.66 bits per heavy atom. The fourth-order valence-corrected chi connectivity index (χ4v) is 5.92. The van der Waals surface area contributed by atoms with E-state index in [1.165, 1.54) is 35.6 Å². The summed E-state index contributed by atoms with van der Waals surface area (Å²) in [5, 5.41) is 5.02. The molecule has 35 heavy (non-hydrogen) atoms. The van der Waals surface area contributed by atoms with Crippen molar-refractivity contribution in [1.29, 1.82) is 0 Å². The van der Waals surface area contributed by atoms with E-state index in [9.17, 15) is 18.4 Å². The highest BCUT2D eigenvalue weighted by Gasteiger charge is 2.49. The van der Waals surface area contributed by atoms with Gasteiger partial charge in [-0.3, -0.25) is 4.79 Å². The van der Waals surface area contributed by atoms with Crippen LogP contribution in [-0.2, 0) is 9.53 Å². The second-order valence-electron chi connectivity index (χ2n) is 9.48. The van der Waals surface area contributed by atoms with Gasteiger partial charge in [-0.05, 0) is 53.4 Å². The van der Waals surface area contributed by atoms with Crippen LogP contribution in [0.1, 0.15) is 34.1 Å². The minimum absolute atomic E-state index is 0.132. The Morgan fingerprint density at radius 1 is 1.00 bits per heavy atom. The van der Waals surface area contributed by atoms with Crippen molar-refractivity contribution in [2.75, 3.05) is 31.5 Å². The Labute approximate surface area is 206 Å². The molecule has 0 aliphatic carbocycles. The molecule has 2 atom stereocenters. The first kappa shape index (κ1) is 23.6. The quantitative estimate of drug-likeness (QED) is 0.264. The molecule has 0 saturated carbocycles. The standard InChI is InChI=1S/C27H27F2N2O3S/c28-20-5-3-19(4-6-20)26(30-22-9-7-21(29)8-10-22)27(33)34-24-17-31(13-11-18(24)12-14-31)16-23(32)25-2-1-15-35-25/h1-10,15,18,24,26,30H,11-14,16-17H2/q+1. The largest absolute Gasteiger partial charge is 0.454 e. The van der Waals surface area contributed by atoms with Crippen LogP contribution in [0.15, 0.2) is 66.0 Å². The van der Waals surface area contributed by atoms with E-state index >= 15 is 0 Å². The first-order chi connectivity index (χ1) is 16.9. The summed E-state index contributed by atoms with van der Waals surface area (Å²) in [7, 11) is 0. The SMILES string of the molecule is O=C(C[N+]12CCC(CC1)C(OC(=O)C(Nc1ccc(F)cc1)c1ccc(F)cc1)C2)c1cccs1. The molecule has 2 bridgehead atoms. The molecule has 0 amide bonds. The van der Waals surface area contributed by atoms with Crippen molar-refractivity contribution in [3.8, 4) is 0 Å². The molecule has 3 aliphatic rings. The zero-order valence-corrected chi connectivity index (χ0v) is 20.0. The molecule has 2 aromatic carbocycles. The van der Waals surface area contributed by atoms with E-state index in [-0.39, 0.29) is 23.6 Å². The fraction of sp³-hybridized carbons (Fsp3) is 0.333. The number of quaternary nitrogens is 1. The van der Waals surface area contributed by atoms with Crippen molar-refractivity contribution >= 4 is 28.8 Å². The van der Waals surface area contributed by atoms with E-state index in [1.807, 2.05) is 17.5 Å². The number of hydrogen-bond donors (Lipinski definition) is 1. The van der Waals surface area contributed by atoms with Crippen LogP contribution in [0, 0.1) is 17.6 Å². The van der Waals surface area contributed by atoms with Crippen LogP contribution in [0.3, 0.4) is 0 Å². The summed E-state index contributed by atoms with van der Waals surface area (Å²) in [5.41, 5.74) is 1.11. The molecule has 182 valence electrons. The normalized spacial score (nSPS) is 24.1. The smallest absolute Gasteiger partial charge is 0.333 e. The van der Waals surface area contributed by atoms with Gasteiger partial charge in [0.1, 0.15) is 24.7 Å². The number of ketones is 1. The van der Waals surface area contributed by atoms with Gasteiger partial charge in [-0.15, -0.1) is 11.3 Å². The first-order valence-electron chi connectivity index (χ1n) is 11.8. The predicted octanol–water partition coefficient (Wildman–Crippen LogP) is 5.21. The van der Waals surface area contributed by atoms with E-state index < -0.39 is 17.8 Å². The minimum atomic E-state index is -0.877. The Kier molecular flexibility index (Phi) is 6.67. The third kappa shape index (κ3) is 5.28. The number of piperidine rings is 3. The summed E-state index contributed by atoms with van der Waals surface area (Å²) in [6.45, 7) is 2.84. The van der Waals surface area contributed by atoms with Crippen molar-refractivity contribution in [2.45, 2.75) is 25.0 Å². The average Bonchev–Trinajstić information content (AvgIpc) is 3.40. The lowest BCUT2D eigenvalue weighted by atomic mass is 9.83. The summed E-state index contributed by atoms with van der Waals surface area (Å²) in [6.07, 6.45) is 1.52. The predicted molar refractivity (Wildman–Crippen MR) is 130 cm³/mol. The van der Waals surface area contributed by atoms with Gasteiger partial charge in [0, 0.05) is 24.4 Å². The molecule has 6 rings (SSSR count). The lowest BCUT2D eigenvalue weighted by molar-refractivity contribution is -0.938. The summed E-state index contributed by atoms with van der Waals surface area (Å²) in [5.74, 6) is -0.859. The van der Waals surface area contributed by atoms with Gasteiger partial charge in [-0.25, -0.2) is 13.6 Å². The second kappa shape index (κ2) is 9.87. The number of fused-ring (bicyclic) bond motifs is 3. The number of hydrogen-bond acceptors (Lipinski definition) is 5. The molecular formula is C27H27F2N2O3S+. The molecule has 2 unspecified atom stereocenters. The molecule has 3 saturated heterocycles. The van der Waals surface area contributed by atoms with Crippen molar-refractivity contribution in [3.05, 3.63) is 88.1 Å². The number of rotatable bonds is 8. The van der Waals surface area contributed by atoms with Crippen LogP contribution >= 0.6 is 11.3 Å². The highest BCUT2D eigenvalue weighted by atomic mass is 32.1. The van der Waals surface area contributed by atoms with Gasteiger partial charge in [0.15, 0.2) is 12.1 Å². The van der Waals surface area contributed by atoms with Crippen molar-refractivity contribution in [1.82, 2.24) is 0 Å². The molecule has 4 heterocycles. The van der Waals surface area contributed by atoms with Gasteiger partial charge in [0.2, 0.25) is 5.78 Å². The number of nitrogens with one attached hydrogen (secondary N) is 1. The summed E-state index contributed by atoms with van der Waals surface area (Å²) < 4.78 is 33.6. The van der Waals surface area contributed by atoms with Crippen LogP contribution in [-0.4, -0.2) is 48.5 Å². The molecule has 1 N–H and O–H groups in total. The first-order valence-corrected chi connectivity index (χ1v) is 12.7.